The minimum Gasteiger partial charge on any atom is -0.467 e. The molecule has 1 amide bonds. The molecule has 0 aromatic heterocycles. The Hall–Kier alpha value is -4.48. The molecule has 5 rings (SSSR count). The minimum atomic E-state index is -0.824. The Kier molecular flexibility index (Phi) is 7.71. The first-order chi connectivity index (χ1) is 19.1. The molecule has 1 aliphatic carbocycles. The van der Waals surface area contributed by atoms with Gasteiger partial charge in [0.05, 0.1) is 18.7 Å². The van der Waals surface area contributed by atoms with Crippen molar-refractivity contribution < 1.29 is 14.3 Å². The Morgan fingerprint density at radius 1 is 0.795 bits per heavy atom. The summed E-state index contributed by atoms with van der Waals surface area (Å²) in [6.45, 7) is 3.93. The molecule has 5 nitrogen and oxygen atoms in total. The number of rotatable bonds is 10. The van der Waals surface area contributed by atoms with Crippen molar-refractivity contribution in [2.24, 2.45) is 0 Å². The van der Waals surface area contributed by atoms with E-state index >= 15 is 0 Å². The second-order valence-corrected chi connectivity index (χ2v) is 9.70. The number of carbonyl (C=O) groups is 2. The van der Waals surface area contributed by atoms with Crippen LogP contribution in [0.3, 0.4) is 0 Å². The number of carbonyl (C=O) groups excluding carboxylic acids is 2. The van der Waals surface area contributed by atoms with E-state index in [9.17, 15) is 9.59 Å². The fourth-order valence-electron chi connectivity index (χ4n) is 5.59. The molecule has 0 saturated carbocycles. The van der Waals surface area contributed by atoms with Gasteiger partial charge in [-0.1, -0.05) is 115 Å². The maximum absolute atomic E-state index is 13.9. The minimum absolute atomic E-state index is 0.293. The summed E-state index contributed by atoms with van der Waals surface area (Å²) in [5.74, 6) is -0.780. The first-order valence-corrected chi connectivity index (χ1v) is 13.1. The smallest absolute Gasteiger partial charge is 0.328 e. The number of hydrogen-bond donors (Lipinski definition) is 2. The molecule has 0 aliphatic heterocycles. The Bertz CT molecular complexity index is 1420. The molecular formula is C34H32N2O3. The van der Waals surface area contributed by atoms with E-state index in [1.165, 1.54) is 7.11 Å². The number of amides is 1. The third-order valence-electron chi connectivity index (χ3n) is 7.35. The first kappa shape index (κ1) is 26.1. The monoisotopic (exact) mass is 516 g/mol. The van der Waals surface area contributed by atoms with Crippen LogP contribution in [0.1, 0.15) is 28.7 Å². The predicted molar refractivity (Wildman–Crippen MR) is 154 cm³/mol. The Labute approximate surface area is 229 Å². The fourth-order valence-corrected chi connectivity index (χ4v) is 5.59. The van der Waals surface area contributed by atoms with Crippen molar-refractivity contribution in [3.8, 4) is 11.1 Å². The van der Waals surface area contributed by atoms with Crippen LogP contribution in [0.4, 0.5) is 0 Å². The van der Waals surface area contributed by atoms with Gasteiger partial charge in [0.1, 0.15) is 6.04 Å². The SMILES string of the molecule is C=CC[C@H](NC1(c2ccccc2)c2ccccc2-c2ccccc21)C(=O)NC(Cc1ccccc1)C(=O)OC. The summed E-state index contributed by atoms with van der Waals surface area (Å²) in [6, 6.07) is 34.9. The highest BCUT2D eigenvalue weighted by Gasteiger charge is 2.46. The summed E-state index contributed by atoms with van der Waals surface area (Å²) in [6.07, 6.45) is 2.42. The molecular weight excluding hydrogens is 484 g/mol. The van der Waals surface area contributed by atoms with E-state index in [1.807, 2.05) is 72.8 Å². The Morgan fingerprint density at radius 3 is 1.90 bits per heavy atom. The van der Waals surface area contributed by atoms with Crippen molar-refractivity contribution in [3.63, 3.8) is 0 Å². The predicted octanol–water partition coefficient (Wildman–Crippen LogP) is 5.39. The van der Waals surface area contributed by atoms with Crippen LogP contribution in [0.5, 0.6) is 0 Å². The van der Waals surface area contributed by atoms with Crippen molar-refractivity contribution in [2.45, 2.75) is 30.5 Å². The average Bonchev–Trinajstić information content (AvgIpc) is 3.27. The molecule has 0 radical (unpaired) electrons. The third-order valence-corrected chi connectivity index (χ3v) is 7.35. The molecule has 0 heterocycles. The lowest BCUT2D eigenvalue weighted by atomic mass is 9.79. The van der Waals surface area contributed by atoms with E-state index in [4.69, 9.17) is 4.74 Å². The number of hydrogen-bond acceptors (Lipinski definition) is 4. The lowest BCUT2D eigenvalue weighted by molar-refractivity contribution is -0.145. The summed E-state index contributed by atoms with van der Waals surface area (Å²) in [4.78, 5) is 26.6. The number of ether oxygens (including phenoxy) is 1. The summed E-state index contributed by atoms with van der Waals surface area (Å²) >= 11 is 0. The van der Waals surface area contributed by atoms with Gasteiger partial charge in [0.2, 0.25) is 5.91 Å². The molecule has 0 saturated heterocycles. The lowest BCUT2D eigenvalue weighted by Crippen LogP contribution is -2.56. The van der Waals surface area contributed by atoms with Crippen LogP contribution in [0.2, 0.25) is 0 Å². The van der Waals surface area contributed by atoms with Crippen molar-refractivity contribution in [2.75, 3.05) is 7.11 Å². The van der Waals surface area contributed by atoms with Crippen molar-refractivity contribution in [1.29, 1.82) is 0 Å². The zero-order chi connectivity index (χ0) is 27.2. The molecule has 5 heteroatoms. The summed E-state index contributed by atoms with van der Waals surface area (Å²) in [5.41, 5.74) is 5.58. The molecule has 0 bridgehead atoms. The molecule has 2 N–H and O–H groups in total. The molecule has 0 spiro atoms. The zero-order valence-corrected chi connectivity index (χ0v) is 22.0. The fraction of sp³-hybridized carbons (Fsp3) is 0.176. The molecule has 2 atom stereocenters. The van der Waals surface area contributed by atoms with Crippen LogP contribution in [0, 0.1) is 0 Å². The number of benzene rings is 4. The Balaban J connectivity index is 1.55. The van der Waals surface area contributed by atoms with Crippen LogP contribution >= 0.6 is 0 Å². The van der Waals surface area contributed by atoms with Gasteiger partial charge in [0, 0.05) is 6.42 Å². The van der Waals surface area contributed by atoms with Gasteiger partial charge >= 0.3 is 5.97 Å². The van der Waals surface area contributed by atoms with Gasteiger partial charge in [-0.25, -0.2) is 4.79 Å². The highest BCUT2D eigenvalue weighted by atomic mass is 16.5. The van der Waals surface area contributed by atoms with Crippen molar-refractivity contribution >= 4 is 11.9 Å². The van der Waals surface area contributed by atoms with E-state index in [0.717, 1.165) is 33.4 Å². The number of esters is 1. The summed E-state index contributed by atoms with van der Waals surface area (Å²) in [5, 5.41) is 6.72. The first-order valence-electron chi connectivity index (χ1n) is 13.1. The van der Waals surface area contributed by atoms with Gasteiger partial charge in [0.25, 0.3) is 0 Å². The van der Waals surface area contributed by atoms with E-state index in [-0.39, 0.29) is 5.91 Å². The van der Waals surface area contributed by atoms with Crippen LogP contribution in [-0.4, -0.2) is 31.1 Å². The van der Waals surface area contributed by atoms with Crippen molar-refractivity contribution in [1.82, 2.24) is 10.6 Å². The standard InChI is InChI=1S/C34H32N2O3/c1-3-14-30(32(37)35-31(33(38)39-2)23-24-15-6-4-7-16-24)36-34(25-17-8-5-9-18-25)28-21-12-10-19-26(28)27-20-11-13-22-29(27)34/h3-13,15-22,30-31,36H,1,14,23H2,2H3,(H,35,37)/t30-,31?/m0/s1. The van der Waals surface area contributed by atoms with Gasteiger partial charge < -0.3 is 10.1 Å². The number of nitrogens with one attached hydrogen (secondary N) is 2. The van der Waals surface area contributed by atoms with E-state index in [0.29, 0.717) is 12.8 Å². The molecule has 196 valence electrons. The maximum Gasteiger partial charge on any atom is 0.328 e. The van der Waals surface area contributed by atoms with Crippen LogP contribution in [0.25, 0.3) is 11.1 Å². The maximum atomic E-state index is 13.9. The molecule has 4 aromatic carbocycles. The van der Waals surface area contributed by atoms with Gasteiger partial charge in [-0.15, -0.1) is 6.58 Å². The van der Waals surface area contributed by atoms with E-state index in [1.54, 1.807) is 6.08 Å². The number of fused-ring (bicyclic) bond motifs is 3. The van der Waals surface area contributed by atoms with Crippen LogP contribution in [0.15, 0.2) is 122 Å². The Morgan fingerprint density at radius 2 is 1.33 bits per heavy atom. The van der Waals surface area contributed by atoms with E-state index in [2.05, 4.69) is 53.6 Å². The van der Waals surface area contributed by atoms with Gasteiger partial charge in [0.15, 0.2) is 0 Å². The highest BCUT2D eigenvalue weighted by Crippen LogP contribution is 2.51. The quantitative estimate of drug-likeness (QED) is 0.219. The summed E-state index contributed by atoms with van der Waals surface area (Å²) in [7, 11) is 1.34. The van der Waals surface area contributed by atoms with Gasteiger partial charge in [-0.3, -0.25) is 10.1 Å². The lowest BCUT2D eigenvalue weighted by Gasteiger charge is -2.37. The average molecular weight is 517 g/mol. The molecule has 39 heavy (non-hydrogen) atoms. The topological polar surface area (TPSA) is 67.4 Å². The molecule has 1 unspecified atom stereocenters. The second-order valence-electron chi connectivity index (χ2n) is 9.70. The summed E-state index contributed by atoms with van der Waals surface area (Å²) < 4.78 is 5.05. The van der Waals surface area contributed by atoms with Gasteiger partial charge in [-0.2, -0.15) is 0 Å². The van der Waals surface area contributed by atoms with E-state index < -0.39 is 23.6 Å². The highest BCUT2D eigenvalue weighted by molar-refractivity contribution is 5.89. The van der Waals surface area contributed by atoms with Gasteiger partial charge in [-0.05, 0) is 39.8 Å². The number of methoxy groups -OCH3 is 1. The third kappa shape index (κ3) is 5.01. The van der Waals surface area contributed by atoms with Crippen LogP contribution in [-0.2, 0) is 26.3 Å². The molecule has 4 aromatic rings. The van der Waals surface area contributed by atoms with Crippen molar-refractivity contribution in [3.05, 3.63) is 144 Å². The molecule has 1 aliphatic rings. The van der Waals surface area contributed by atoms with Crippen LogP contribution < -0.4 is 10.6 Å². The second kappa shape index (κ2) is 11.5. The zero-order valence-electron chi connectivity index (χ0n) is 22.0. The normalized spacial score (nSPS) is 14.4. The molecule has 0 fully saturated rings. The largest absolute Gasteiger partial charge is 0.467 e.